The molecule has 4 rings (SSSR count). The smallest absolute Gasteiger partial charge is 0.266 e. The van der Waals surface area contributed by atoms with E-state index in [-0.39, 0.29) is 18.7 Å². The molecule has 0 spiro atoms. The van der Waals surface area contributed by atoms with Gasteiger partial charge in [0.05, 0.1) is 18.4 Å². The van der Waals surface area contributed by atoms with E-state index in [2.05, 4.69) is 15.3 Å². The van der Waals surface area contributed by atoms with Crippen LogP contribution in [0.3, 0.4) is 0 Å². The summed E-state index contributed by atoms with van der Waals surface area (Å²) in [6.45, 7) is 1.39. The Morgan fingerprint density at radius 1 is 1.08 bits per heavy atom. The van der Waals surface area contributed by atoms with Gasteiger partial charge in [-0.2, -0.15) is 0 Å². The zero-order valence-corrected chi connectivity index (χ0v) is 19.9. The lowest BCUT2D eigenvalue weighted by Gasteiger charge is -2.13. The van der Waals surface area contributed by atoms with E-state index < -0.39 is 23.1 Å². The van der Waals surface area contributed by atoms with Gasteiger partial charge in [-0.1, -0.05) is 12.1 Å². The molecule has 2 aromatic carbocycles. The Morgan fingerprint density at radius 3 is 2.67 bits per heavy atom. The molecule has 0 saturated heterocycles. The van der Waals surface area contributed by atoms with Crippen molar-refractivity contribution >= 4 is 16.8 Å². The molecule has 2 aromatic heterocycles. The number of aromatic nitrogens is 3. The minimum atomic E-state index is -1.01. The Kier molecular flexibility index (Phi) is 7.65. The van der Waals surface area contributed by atoms with Crippen LogP contribution < -0.4 is 15.6 Å². The first-order valence-corrected chi connectivity index (χ1v) is 11.2. The summed E-state index contributed by atoms with van der Waals surface area (Å²) in [6, 6.07) is 10.7. The number of nitrogens with one attached hydrogen (secondary N) is 1. The maximum Gasteiger partial charge on any atom is 0.266 e. The lowest BCUT2D eigenvalue weighted by atomic mass is 10.1. The second kappa shape index (κ2) is 11.0. The first kappa shape index (κ1) is 24.9. The van der Waals surface area contributed by atoms with E-state index in [4.69, 9.17) is 4.74 Å². The van der Waals surface area contributed by atoms with E-state index in [1.54, 1.807) is 12.3 Å². The molecule has 4 aromatic rings. The van der Waals surface area contributed by atoms with Crippen molar-refractivity contribution in [2.75, 3.05) is 27.2 Å². The van der Waals surface area contributed by atoms with Gasteiger partial charge in [0.1, 0.15) is 17.9 Å². The number of fused-ring (bicyclic) bond motifs is 1. The molecule has 36 heavy (non-hydrogen) atoms. The summed E-state index contributed by atoms with van der Waals surface area (Å²) in [6.07, 6.45) is 4.11. The number of carbonyl (C=O) groups is 1. The number of hydrogen-bond acceptors (Lipinski definition) is 6. The fourth-order valence-electron chi connectivity index (χ4n) is 3.57. The second-order valence-electron chi connectivity index (χ2n) is 8.48. The highest BCUT2D eigenvalue weighted by atomic mass is 19.2. The number of rotatable bonds is 9. The summed E-state index contributed by atoms with van der Waals surface area (Å²) in [5.74, 6) is -1.89. The van der Waals surface area contributed by atoms with Gasteiger partial charge in [-0.05, 0) is 55.6 Å². The third-order valence-electron chi connectivity index (χ3n) is 5.50. The predicted molar refractivity (Wildman–Crippen MR) is 131 cm³/mol. The number of pyridine rings is 1. The van der Waals surface area contributed by atoms with Crippen molar-refractivity contribution < 1.29 is 18.3 Å². The first-order chi connectivity index (χ1) is 17.3. The van der Waals surface area contributed by atoms with Crippen LogP contribution in [0.15, 0.2) is 66.0 Å². The largest absolute Gasteiger partial charge is 0.491 e. The molecule has 186 valence electrons. The van der Waals surface area contributed by atoms with Crippen molar-refractivity contribution in [1.29, 1.82) is 0 Å². The van der Waals surface area contributed by atoms with Crippen LogP contribution in [-0.2, 0) is 13.1 Å². The van der Waals surface area contributed by atoms with E-state index in [0.717, 1.165) is 35.1 Å². The predicted octanol–water partition coefficient (Wildman–Crippen LogP) is 2.99. The number of halogens is 2. The summed E-state index contributed by atoms with van der Waals surface area (Å²) >= 11 is 0. The van der Waals surface area contributed by atoms with Crippen LogP contribution in [0, 0.1) is 11.6 Å². The van der Waals surface area contributed by atoms with Crippen LogP contribution >= 0.6 is 0 Å². The molecule has 0 aliphatic rings. The van der Waals surface area contributed by atoms with Gasteiger partial charge in [0.15, 0.2) is 11.6 Å². The molecule has 0 fully saturated rings. The molecule has 0 radical (unpaired) electrons. The zero-order valence-electron chi connectivity index (χ0n) is 19.9. The quantitative estimate of drug-likeness (QED) is 0.386. The van der Waals surface area contributed by atoms with Crippen molar-refractivity contribution in [1.82, 2.24) is 24.8 Å². The molecule has 1 N–H and O–H groups in total. The molecule has 0 aliphatic carbocycles. The molecule has 2 heterocycles. The fourth-order valence-corrected chi connectivity index (χ4v) is 3.57. The highest BCUT2D eigenvalue weighted by Gasteiger charge is 2.14. The van der Waals surface area contributed by atoms with E-state index >= 15 is 0 Å². The number of ether oxygens (including phenoxy) is 1. The normalized spacial score (nSPS) is 11.1. The number of hydrogen-bond donors (Lipinski definition) is 1. The molecule has 8 nitrogen and oxygen atoms in total. The molecule has 0 atom stereocenters. The summed E-state index contributed by atoms with van der Waals surface area (Å²) in [7, 11) is 3.93. The van der Waals surface area contributed by atoms with Gasteiger partial charge < -0.3 is 15.0 Å². The topological polar surface area (TPSA) is 89.3 Å². The van der Waals surface area contributed by atoms with E-state index in [9.17, 15) is 18.4 Å². The number of nitrogens with zero attached hydrogens (tertiary/aromatic N) is 4. The SMILES string of the molecule is CN(C)CCOc1ccnc2ccc(CNC(=O)c3cncn(Cc4ccc(F)c(F)c4)c3=O)cc12. The molecule has 0 aliphatic heterocycles. The van der Waals surface area contributed by atoms with E-state index in [0.29, 0.717) is 17.9 Å². The number of likely N-dealkylation sites (N-methyl/N-ethyl adjacent to an activating group) is 1. The highest BCUT2D eigenvalue weighted by Crippen LogP contribution is 2.25. The third-order valence-corrected chi connectivity index (χ3v) is 5.50. The van der Waals surface area contributed by atoms with Crippen molar-refractivity contribution in [3.05, 3.63) is 99.9 Å². The van der Waals surface area contributed by atoms with Gasteiger partial charge in [0, 0.05) is 30.9 Å². The van der Waals surface area contributed by atoms with Crippen molar-refractivity contribution in [3.8, 4) is 5.75 Å². The van der Waals surface area contributed by atoms with Gasteiger partial charge in [-0.3, -0.25) is 19.1 Å². The standard InChI is InChI=1S/C26H25F2N5O3/c1-32(2)9-10-36-24-7-8-30-23-6-4-17(11-19(23)24)13-31-25(34)20-14-29-16-33(26(20)35)15-18-3-5-21(27)22(28)12-18/h3-8,11-12,14,16H,9-10,13,15H2,1-2H3,(H,31,34). The Bertz CT molecular complexity index is 1460. The van der Waals surface area contributed by atoms with Crippen LogP contribution in [0.4, 0.5) is 8.78 Å². The minimum absolute atomic E-state index is 0.0571. The van der Waals surface area contributed by atoms with E-state index in [1.807, 2.05) is 37.2 Å². The van der Waals surface area contributed by atoms with Crippen LogP contribution in [0.2, 0.25) is 0 Å². The average molecular weight is 494 g/mol. The lowest BCUT2D eigenvalue weighted by Crippen LogP contribution is -2.33. The van der Waals surface area contributed by atoms with Crippen LogP contribution in [0.5, 0.6) is 5.75 Å². The van der Waals surface area contributed by atoms with Crippen LogP contribution in [0.25, 0.3) is 10.9 Å². The van der Waals surface area contributed by atoms with Gasteiger partial charge in [0.25, 0.3) is 11.5 Å². The second-order valence-corrected chi connectivity index (χ2v) is 8.48. The van der Waals surface area contributed by atoms with Crippen molar-refractivity contribution in [2.24, 2.45) is 0 Å². The zero-order chi connectivity index (χ0) is 25.7. The van der Waals surface area contributed by atoms with Gasteiger partial charge >= 0.3 is 0 Å². The summed E-state index contributed by atoms with van der Waals surface area (Å²) in [5, 5.41) is 3.55. The molecular formula is C26H25F2N5O3. The van der Waals surface area contributed by atoms with Crippen molar-refractivity contribution in [3.63, 3.8) is 0 Å². The maximum atomic E-state index is 13.5. The van der Waals surface area contributed by atoms with E-state index in [1.165, 1.54) is 23.2 Å². The molecular weight excluding hydrogens is 468 g/mol. The highest BCUT2D eigenvalue weighted by molar-refractivity contribution is 5.93. The number of carbonyl (C=O) groups excluding carboxylic acids is 1. The van der Waals surface area contributed by atoms with Crippen LogP contribution in [-0.4, -0.2) is 52.6 Å². The van der Waals surface area contributed by atoms with Gasteiger partial charge in [-0.25, -0.2) is 13.8 Å². The number of benzene rings is 2. The van der Waals surface area contributed by atoms with Crippen molar-refractivity contribution in [2.45, 2.75) is 13.1 Å². The molecule has 0 unspecified atom stereocenters. The molecule has 1 amide bonds. The van der Waals surface area contributed by atoms with Gasteiger partial charge in [-0.15, -0.1) is 0 Å². The summed E-state index contributed by atoms with van der Waals surface area (Å²) in [5.41, 5.74) is 1.18. The number of amides is 1. The van der Waals surface area contributed by atoms with Gasteiger partial charge in [0.2, 0.25) is 0 Å². The Morgan fingerprint density at radius 2 is 1.89 bits per heavy atom. The summed E-state index contributed by atoms with van der Waals surface area (Å²) in [4.78, 5) is 35.9. The summed E-state index contributed by atoms with van der Waals surface area (Å²) < 4.78 is 33.8. The van der Waals surface area contributed by atoms with Crippen LogP contribution in [0.1, 0.15) is 21.5 Å². The maximum absolute atomic E-state index is 13.5. The lowest BCUT2D eigenvalue weighted by molar-refractivity contribution is 0.0948. The Labute approximate surface area is 206 Å². The average Bonchev–Trinajstić information content (AvgIpc) is 2.86. The fraction of sp³-hybridized carbons (Fsp3) is 0.231. The third kappa shape index (κ3) is 5.89. The minimum Gasteiger partial charge on any atom is -0.491 e. The Balaban J connectivity index is 1.47. The molecule has 10 heteroatoms. The first-order valence-electron chi connectivity index (χ1n) is 11.2. The molecule has 0 saturated carbocycles. The monoisotopic (exact) mass is 493 g/mol. The molecule has 0 bridgehead atoms. The Hall–Kier alpha value is -4.18.